The van der Waals surface area contributed by atoms with E-state index < -0.39 is 0 Å². The van der Waals surface area contributed by atoms with Crippen LogP contribution in [0.4, 0.5) is 0 Å². The first-order chi connectivity index (χ1) is 9.39. The quantitative estimate of drug-likeness (QED) is 0.855. The van der Waals surface area contributed by atoms with Crippen LogP contribution in [-0.4, -0.2) is 62.5 Å². The molecule has 4 nitrogen and oxygen atoms in total. The lowest BCUT2D eigenvalue weighted by molar-refractivity contribution is -0.0544. The molecule has 1 N–H and O–H groups in total. The van der Waals surface area contributed by atoms with Gasteiger partial charge in [0.2, 0.25) is 0 Å². The highest BCUT2D eigenvalue weighted by Gasteiger charge is 2.36. The van der Waals surface area contributed by atoms with Gasteiger partial charge in [0, 0.05) is 44.9 Å². The Kier molecular flexibility index (Phi) is 5.46. The standard InChI is InChI=1S/C16H32N2O2/c1-14-11-18(7-10-20-14)13-16(5-8-19-9-6-16)12-17-15(2,3)4/h14,17H,5-13H2,1-4H3. The molecule has 2 aliphatic rings. The van der Waals surface area contributed by atoms with Gasteiger partial charge in [-0.15, -0.1) is 0 Å². The van der Waals surface area contributed by atoms with Crippen molar-refractivity contribution in [3.8, 4) is 0 Å². The Morgan fingerprint density at radius 1 is 1.20 bits per heavy atom. The van der Waals surface area contributed by atoms with Gasteiger partial charge in [0.15, 0.2) is 0 Å². The van der Waals surface area contributed by atoms with Crippen LogP contribution < -0.4 is 5.32 Å². The summed E-state index contributed by atoms with van der Waals surface area (Å²) in [6, 6.07) is 0. The predicted octanol–water partition coefficient (Wildman–Crippen LogP) is 1.89. The summed E-state index contributed by atoms with van der Waals surface area (Å²) in [7, 11) is 0. The van der Waals surface area contributed by atoms with E-state index in [9.17, 15) is 0 Å². The van der Waals surface area contributed by atoms with Crippen molar-refractivity contribution in [2.24, 2.45) is 5.41 Å². The van der Waals surface area contributed by atoms with Crippen molar-refractivity contribution < 1.29 is 9.47 Å². The average molecular weight is 284 g/mol. The Hall–Kier alpha value is -0.160. The van der Waals surface area contributed by atoms with Crippen LogP contribution in [0.3, 0.4) is 0 Å². The third kappa shape index (κ3) is 4.99. The van der Waals surface area contributed by atoms with Gasteiger partial charge in [0.05, 0.1) is 12.7 Å². The van der Waals surface area contributed by atoms with Gasteiger partial charge in [0.25, 0.3) is 0 Å². The van der Waals surface area contributed by atoms with Crippen LogP contribution in [0, 0.1) is 5.41 Å². The van der Waals surface area contributed by atoms with Crippen LogP contribution in [0.2, 0.25) is 0 Å². The van der Waals surface area contributed by atoms with Crippen molar-refractivity contribution in [3.05, 3.63) is 0 Å². The lowest BCUT2D eigenvalue weighted by Gasteiger charge is -2.44. The van der Waals surface area contributed by atoms with Crippen LogP contribution >= 0.6 is 0 Å². The first-order valence-corrected chi connectivity index (χ1v) is 8.05. The Bertz CT molecular complexity index is 295. The lowest BCUT2D eigenvalue weighted by Crippen LogP contribution is -2.53. The van der Waals surface area contributed by atoms with E-state index in [1.807, 2.05) is 0 Å². The molecule has 2 heterocycles. The van der Waals surface area contributed by atoms with Gasteiger partial charge in [-0.1, -0.05) is 0 Å². The molecule has 2 aliphatic heterocycles. The topological polar surface area (TPSA) is 33.7 Å². The molecular formula is C16H32N2O2. The highest BCUT2D eigenvalue weighted by molar-refractivity contribution is 4.90. The number of hydrogen-bond donors (Lipinski definition) is 1. The molecule has 0 amide bonds. The molecule has 0 aromatic carbocycles. The molecule has 1 atom stereocenters. The number of ether oxygens (including phenoxy) is 2. The molecule has 118 valence electrons. The zero-order valence-corrected chi connectivity index (χ0v) is 13.7. The molecule has 2 rings (SSSR count). The third-order valence-corrected chi connectivity index (χ3v) is 4.43. The summed E-state index contributed by atoms with van der Waals surface area (Å²) in [5.74, 6) is 0. The van der Waals surface area contributed by atoms with Gasteiger partial charge < -0.3 is 14.8 Å². The number of nitrogens with one attached hydrogen (secondary N) is 1. The second kappa shape index (κ2) is 6.73. The van der Waals surface area contributed by atoms with Gasteiger partial charge in [-0.3, -0.25) is 4.90 Å². The Balaban J connectivity index is 1.95. The van der Waals surface area contributed by atoms with E-state index in [2.05, 4.69) is 37.9 Å². The molecule has 4 heteroatoms. The Morgan fingerprint density at radius 2 is 1.90 bits per heavy atom. The number of rotatable bonds is 4. The third-order valence-electron chi connectivity index (χ3n) is 4.43. The number of hydrogen-bond acceptors (Lipinski definition) is 4. The summed E-state index contributed by atoms with van der Waals surface area (Å²) in [6.45, 7) is 16.0. The van der Waals surface area contributed by atoms with Gasteiger partial charge in [-0.05, 0) is 46.0 Å². The summed E-state index contributed by atoms with van der Waals surface area (Å²) in [5.41, 5.74) is 0.548. The first-order valence-electron chi connectivity index (χ1n) is 8.05. The Morgan fingerprint density at radius 3 is 2.50 bits per heavy atom. The molecule has 0 spiro atoms. The molecule has 2 saturated heterocycles. The van der Waals surface area contributed by atoms with Gasteiger partial charge in [0.1, 0.15) is 0 Å². The fourth-order valence-electron chi connectivity index (χ4n) is 3.16. The first kappa shape index (κ1) is 16.2. The van der Waals surface area contributed by atoms with E-state index >= 15 is 0 Å². The largest absolute Gasteiger partial charge is 0.381 e. The molecular weight excluding hydrogens is 252 g/mol. The maximum absolute atomic E-state index is 5.66. The molecule has 20 heavy (non-hydrogen) atoms. The van der Waals surface area contributed by atoms with E-state index in [4.69, 9.17) is 9.47 Å². The van der Waals surface area contributed by atoms with Crippen LogP contribution in [-0.2, 0) is 9.47 Å². The minimum atomic E-state index is 0.184. The lowest BCUT2D eigenvalue weighted by atomic mass is 9.78. The van der Waals surface area contributed by atoms with Gasteiger partial charge in [-0.25, -0.2) is 0 Å². The summed E-state index contributed by atoms with van der Waals surface area (Å²) in [5, 5.41) is 3.72. The average Bonchev–Trinajstić information content (AvgIpc) is 2.37. The van der Waals surface area contributed by atoms with Crippen molar-refractivity contribution in [1.82, 2.24) is 10.2 Å². The predicted molar refractivity (Wildman–Crippen MR) is 82.1 cm³/mol. The second-order valence-electron chi connectivity index (χ2n) is 7.63. The van der Waals surface area contributed by atoms with E-state index in [1.165, 1.54) is 19.4 Å². The fraction of sp³-hybridized carbons (Fsp3) is 1.00. The van der Waals surface area contributed by atoms with E-state index in [0.717, 1.165) is 39.5 Å². The zero-order valence-electron chi connectivity index (χ0n) is 13.7. The van der Waals surface area contributed by atoms with Crippen molar-refractivity contribution >= 4 is 0 Å². The van der Waals surface area contributed by atoms with Crippen LogP contribution in [0.1, 0.15) is 40.5 Å². The molecule has 0 aliphatic carbocycles. The fourth-order valence-corrected chi connectivity index (χ4v) is 3.16. The number of morpholine rings is 1. The highest BCUT2D eigenvalue weighted by Crippen LogP contribution is 2.32. The van der Waals surface area contributed by atoms with E-state index in [-0.39, 0.29) is 5.54 Å². The van der Waals surface area contributed by atoms with Gasteiger partial charge in [-0.2, -0.15) is 0 Å². The highest BCUT2D eigenvalue weighted by atomic mass is 16.5. The molecule has 0 bridgehead atoms. The monoisotopic (exact) mass is 284 g/mol. The van der Waals surface area contributed by atoms with Crippen LogP contribution in [0.5, 0.6) is 0 Å². The minimum absolute atomic E-state index is 0.184. The van der Waals surface area contributed by atoms with Crippen LogP contribution in [0.25, 0.3) is 0 Å². The minimum Gasteiger partial charge on any atom is -0.381 e. The SMILES string of the molecule is CC1CN(CC2(CNC(C)(C)C)CCOCC2)CCO1. The van der Waals surface area contributed by atoms with Crippen molar-refractivity contribution in [2.45, 2.75) is 52.2 Å². The molecule has 0 radical (unpaired) electrons. The second-order valence-corrected chi connectivity index (χ2v) is 7.63. The maximum atomic E-state index is 5.66. The summed E-state index contributed by atoms with van der Waals surface area (Å²) in [6.07, 6.45) is 2.71. The van der Waals surface area contributed by atoms with E-state index in [0.29, 0.717) is 11.5 Å². The van der Waals surface area contributed by atoms with Crippen molar-refractivity contribution in [3.63, 3.8) is 0 Å². The van der Waals surface area contributed by atoms with E-state index in [1.54, 1.807) is 0 Å². The molecule has 1 unspecified atom stereocenters. The molecule has 0 aromatic heterocycles. The smallest absolute Gasteiger partial charge is 0.0674 e. The maximum Gasteiger partial charge on any atom is 0.0674 e. The summed E-state index contributed by atoms with van der Waals surface area (Å²) in [4.78, 5) is 2.59. The molecule has 0 saturated carbocycles. The van der Waals surface area contributed by atoms with Gasteiger partial charge >= 0.3 is 0 Å². The summed E-state index contributed by atoms with van der Waals surface area (Å²) >= 11 is 0. The summed E-state index contributed by atoms with van der Waals surface area (Å²) < 4.78 is 11.3. The Labute approximate surface area is 124 Å². The normalized spacial score (nSPS) is 28.5. The van der Waals surface area contributed by atoms with Crippen molar-refractivity contribution in [1.29, 1.82) is 0 Å². The van der Waals surface area contributed by atoms with Crippen LogP contribution in [0.15, 0.2) is 0 Å². The zero-order chi connectivity index (χ0) is 14.6. The number of nitrogens with zero attached hydrogens (tertiary/aromatic N) is 1. The van der Waals surface area contributed by atoms with Crippen molar-refractivity contribution in [2.75, 3.05) is 46.0 Å². The molecule has 2 fully saturated rings. The molecule has 0 aromatic rings.